The number of quaternary nitrogens is 1. The monoisotopic (exact) mass is 373 g/mol. The highest BCUT2D eigenvalue weighted by molar-refractivity contribution is 5.94. The Balaban J connectivity index is 1.71. The van der Waals surface area contributed by atoms with Crippen LogP contribution in [-0.2, 0) is 11.4 Å². The predicted octanol–water partition coefficient (Wildman–Crippen LogP) is 3.52. The Bertz CT molecular complexity index is 884. The van der Waals surface area contributed by atoms with Crippen LogP contribution in [-0.4, -0.2) is 29.9 Å². The highest BCUT2D eigenvalue weighted by atomic mass is 19.1. The van der Waals surface area contributed by atoms with E-state index in [9.17, 15) is 19.2 Å². The Morgan fingerprint density at radius 2 is 2.07 bits per heavy atom. The molecular weight excluding hydrogens is 353 g/mol. The average Bonchev–Trinajstić information content (AvgIpc) is 3.04. The molecule has 0 aromatic heterocycles. The molecule has 3 rings (SSSR count). The number of carboxylic acid groups (broad SMARTS) is 1. The number of halogens is 1. The Hall–Kier alpha value is -2.77. The molecule has 1 saturated heterocycles. The summed E-state index contributed by atoms with van der Waals surface area (Å²) in [5.41, 5.74) is 1.21. The van der Waals surface area contributed by atoms with Gasteiger partial charge in [-0.05, 0) is 30.7 Å². The number of ether oxygens (including phenoxy) is 1. The van der Waals surface area contributed by atoms with Gasteiger partial charge in [-0.2, -0.15) is 0 Å². The normalized spacial score (nSPS) is 21.8. The molecule has 1 fully saturated rings. The first-order valence-corrected chi connectivity index (χ1v) is 8.62. The summed E-state index contributed by atoms with van der Waals surface area (Å²) in [4.78, 5) is 22.4. The smallest absolute Gasteiger partial charge is 0.312 e. The van der Waals surface area contributed by atoms with Gasteiger partial charge in [-0.1, -0.05) is 12.1 Å². The summed E-state index contributed by atoms with van der Waals surface area (Å²) in [5.74, 6) is -2.30. The second-order valence-corrected chi connectivity index (χ2v) is 6.78. The van der Waals surface area contributed by atoms with Crippen molar-refractivity contribution in [2.75, 3.05) is 13.1 Å². The van der Waals surface area contributed by atoms with E-state index in [-0.39, 0.29) is 36.8 Å². The van der Waals surface area contributed by atoms with Gasteiger partial charge in [-0.3, -0.25) is 9.59 Å². The van der Waals surface area contributed by atoms with E-state index >= 15 is 0 Å². The van der Waals surface area contributed by atoms with Crippen molar-refractivity contribution in [2.24, 2.45) is 5.92 Å². The molecule has 7 heteroatoms. The lowest BCUT2D eigenvalue weighted by Crippen LogP contribution is -2.41. The van der Waals surface area contributed by atoms with Gasteiger partial charge < -0.3 is 19.7 Å². The molecule has 0 saturated carbocycles. The number of nitrogens with zero attached hydrogens (tertiary/aromatic N) is 1. The summed E-state index contributed by atoms with van der Waals surface area (Å²) >= 11 is 0. The molecule has 142 valence electrons. The molecule has 1 N–H and O–H groups in total. The zero-order valence-corrected chi connectivity index (χ0v) is 14.9. The lowest BCUT2D eigenvalue weighted by atomic mass is 10.1. The average molecular weight is 373 g/mol. The third-order valence-electron chi connectivity index (χ3n) is 4.81. The summed E-state index contributed by atoms with van der Waals surface area (Å²) in [5, 5.41) is 22.1. The topological polar surface area (TPSA) is 86.7 Å². The number of hydrogen-bond acceptors (Lipinski definition) is 4. The number of hydrogen-bond donors (Lipinski definition) is 1. The first-order valence-electron chi connectivity index (χ1n) is 8.62. The van der Waals surface area contributed by atoms with Crippen molar-refractivity contribution < 1.29 is 23.8 Å². The van der Waals surface area contributed by atoms with Gasteiger partial charge in [0.05, 0.1) is 18.7 Å². The third-order valence-corrected chi connectivity index (χ3v) is 4.81. The van der Waals surface area contributed by atoms with E-state index in [1.807, 2.05) is 0 Å². The van der Waals surface area contributed by atoms with Crippen molar-refractivity contribution in [1.82, 2.24) is 4.65 Å². The molecule has 2 aromatic rings. The van der Waals surface area contributed by atoms with Crippen LogP contribution in [0.2, 0.25) is 0 Å². The molecule has 0 bridgehead atoms. The van der Waals surface area contributed by atoms with Crippen LogP contribution in [0.4, 0.5) is 10.1 Å². The van der Waals surface area contributed by atoms with Gasteiger partial charge in [-0.25, -0.2) is 4.39 Å². The molecule has 0 aliphatic carbocycles. The molecule has 1 heterocycles. The molecule has 6 nitrogen and oxygen atoms in total. The van der Waals surface area contributed by atoms with Crippen molar-refractivity contribution in [3.63, 3.8) is 0 Å². The number of carbonyl (C=O) groups excluding carboxylic acids is 1. The molecule has 1 aliphatic rings. The zero-order chi connectivity index (χ0) is 19.6. The van der Waals surface area contributed by atoms with Gasteiger partial charge in [0.25, 0.3) is 0 Å². The number of aliphatic carboxylic acids is 1. The SMILES string of the molecule is CC(=O)c1ccc(OCc2cccc([N+]3([O-])CCC(C(=O)O)C3)c2)cc1F. The van der Waals surface area contributed by atoms with Gasteiger partial charge >= 0.3 is 5.97 Å². The highest BCUT2D eigenvalue weighted by Gasteiger charge is 2.37. The summed E-state index contributed by atoms with van der Waals surface area (Å²) in [7, 11) is 0. The second-order valence-electron chi connectivity index (χ2n) is 6.78. The Morgan fingerprint density at radius 3 is 2.70 bits per heavy atom. The van der Waals surface area contributed by atoms with Gasteiger partial charge in [0, 0.05) is 18.6 Å². The standard InChI is InChI=1S/C20H20FNO5/c1-13(23)18-6-5-17(10-19(18)21)27-12-14-3-2-4-16(9-14)22(26)8-7-15(11-22)20(24)25/h2-6,9-10,15H,7-8,11-12H2,1H3,(H,24,25). The fourth-order valence-electron chi connectivity index (χ4n) is 3.28. The van der Waals surface area contributed by atoms with E-state index in [2.05, 4.69) is 0 Å². The van der Waals surface area contributed by atoms with Crippen LogP contribution in [0.5, 0.6) is 5.75 Å². The molecule has 0 spiro atoms. The van der Waals surface area contributed by atoms with Gasteiger partial charge in [0.15, 0.2) is 5.78 Å². The first kappa shape index (κ1) is 19.0. The van der Waals surface area contributed by atoms with Crippen LogP contribution < -0.4 is 9.38 Å². The van der Waals surface area contributed by atoms with Crippen LogP contribution in [0.15, 0.2) is 42.5 Å². The first-order chi connectivity index (χ1) is 12.8. The fraction of sp³-hybridized carbons (Fsp3) is 0.300. The number of ketones is 1. The van der Waals surface area contributed by atoms with E-state index in [4.69, 9.17) is 9.84 Å². The number of carboxylic acids is 1. The summed E-state index contributed by atoms with van der Waals surface area (Å²) < 4.78 is 18.7. The van der Waals surface area contributed by atoms with Crippen molar-refractivity contribution >= 4 is 17.4 Å². The maximum Gasteiger partial charge on any atom is 0.312 e. The second kappa shape index (κ2) is 7.46. The molecular formula is C20H20FNO5. The van der Waals surface area contributed by atoms with Crippen molar-refractivity contribution in [3.8, 4) is 5.75 Å². The number of rotatable bonds is 6. The summed E-state index contributed by atoms with van der Waals surface area (Å²) in [6.07, 6.45) is 0.349. The molecule has 2 aromatic carbocycles. The summed E-state index contributed by atoms with van der Waals surface area (Å²) in [6, 6.07) is 10.9. The Kier molecular flexibility index (Phi) is 5.25. The quantitative estimate of drug-likeness (QED) is 0.476. The van der Waals surface area contributed by atoms with Crippen molar-refractivity contribution in [3.05, 3.63) is 64.6 Å². The van der Waals surface area contributed by atoms with Crippen LogP contribution >= 0.6 is 0 Å². The number of benzene rings is 2. The Labute approximate surface area is 156 Å². The van der Waals surface area contributed by atoms with E-state index < -0.39 is 22.4 Å². The largest absolute Gasteiger partial charge is 0.627 e. The molecule has 2 unspecified atom stereocenters. The van der Waals surface area contributed by atoms with Gasteiger partial charge in [0.2, 0.25) is 0 Å². The molecule has 1 aliphatic heterocycles. The fourth-order valence-corrected chi connectivity index (χ4v) is 3.28. The zero-order valence-electron chi connectivity index (χ0n) is 14.9. The maximum absolute atomic E-state index is 13.9. The molecule has 2 atom stereocenters. The van der Waals surface area contributed by atoms with E-state index in [0.29, 0.717) is 12.1 Å². The van der Waals surface area contributed by atoms with Gasteiger partial charge in [-0.15, -0.1) is 0 Å². The number of hydroxylamine groups is 2. The Morgan fingerprint density at radius 1 is 1.30 bits per heavy atom. The highest BCUT2D eigenvalue weighted by Crippen LogP contribution is 2.32. The lowest BCUT2D eigenvalue weighted by molar-refractivity contribution is -0.141. The van der Waals surface area contributed by atoms with Crippen LogP contribution in [0.25, 0.3) is 0 Å². The number of carbonyl (C=O) groups is 2. The van der Waals surface area contributed by atoms with Crippen molar-refractivity contribution in [2.45, 2.75) is 20.0 Å². The minimum atomic E-state index is -0.943. The van der Waals surface area contributed by atoms with Crippen LogP contribution in [0, 0.1) is 16.9 Å². The number of Topliss-reactive ketones (excluding diaryl/α,β-unsaturated/α-hetero) is 1. The van der Waals surface area contributed by atoms with Crippen LogP contribution in [0.1, 0.15) is 29.3 Å². The van der Waals surface area contributed by atoms with Crippen LogP contribution in [0.3, 0.4) is 0 Å². The maximum atomic E-state index is 13.9. The minimum Gasteiger partial charge on any atom is -0.627 e. The van der Waals surface area contributed by atoms with E-state index in [0.717, 1.165) is 11.6 Å². The molecule has 27 heavy (non-hydrogen) atoms. The lowest BCUT2D eigenvalue weighted by Gasteiger charge is -2.38. The molecule has 0 radical (unpaired) electrons. The van der Waals surface area contributed by atoms with Crippen molar-refractivity contribution in [1.29, 1.82) is 0 Å². The van der Waals surface area contributed by atoms with E-state index in [1.54, 1.807) is 24.3 Å². The van der Waals surface area contributed by atoms with E-state index in [1.165, 1.54) is 19.1 Å². The third kappa shape index (κ3) is 4.15. The predicted molar refractivity (Wildman–Crippen MR) is 97.8 cm³/mol. The van der Waals surface area contributed by atoms with Gasteiger partial charge in [0.1, 0.15) is 29.8 Å². The summed E-state index contributed by atoms with van der Waals surface area (Å²) in [6.45, 7) is 1.64. The molecule has 0 amide bonds. The minimum absolute atomic E-state index is 0.00385.